The molecule has 154 valence electrons. The largest absolute Gasteiger partial charge is 0.416 e. The van der Waals surface area contributed by atoms with Gasteiger partial charge in [0.1, 0.15) is 5.69 Å². The maximum absolute atomic E-state index is 12.9. The smallest absolute Gasteiger partial charge is 0.272 e. The second kappa shape index (κ2) is 9.21. The number of hydrogen-bond donors (Lipinski definition) is 1. The van der Waals surface area contributed by atoms with Crippen molar-refractivity contribution in [2.75, 3.05) is 5.43 Å². The van der Waals surface area contributed by atoms with E-state index in [9.17, 15) is 23.3 Å². The first-order valence-electron chi connectivity index (χ1n) is 9.08. The van der Waals surface area contributed by atoms with Gasteiger partial charge in [-0.25, -0.2) is 0 Å². The summed E-state index contributed by atoms with van der Waals surface area (Å²) in [4.78, 5) is 10.4. The molecule has 0 fully saturated rings. The molecular weight excluding hydrogens is 395 g/mol. The number of halogens is 3. The topological polar surface area (TPSA) is 67.5 Å². The van der Waals surface area contributed by atoms with E-state index in [-0.39, 0.29) is 5.69 Å². The molecule has 3 aromatic carbocycles. The van der Waals surface area contributed by atoms with Gasteiger partial charge in [-0.2, -0.15) is 18.3 Å². The van der Waals surface area contributed by atoms with Gasteiger partial charge in [0.2, 0.25) is 0 Å². The summed E-state index contributed by atoms with van der Waals surface area (Å²) in [5.41, 5.74) is 3.39. The number of hydrazone groups is 1. The third-order valence-electron chi connectivity index (χ3n) is 4.36. The van der Waals surface area contributed by atoms with Crippen molar-refractivity contribution in [2.24, 2.45) is 5.10 Å². The highest BCUT2D eigenvalue weighted by atomic mass is 19.4. The predicted molar refractivity (Wildman–Crippen MR) is 109 cm³/mol. The third kappa shape index (κ3) is 5.66. The van der Waals surface area contributed by atoms with Gasteiger partial charge in [0.15, 0.2) is 0 Å². The second-order valence-electron chi connectivity index (χ2n) is 6.60. The van der Waals surface area contributed by atoms with Crippen LogP contribution in [0.4, 0.5) is 24.5 Å². The van der Waals surface area contributed by atoms with Gasteiger partial charge in [0, 0.05) is 24.6 Å². The molecule has 0 unspecified atom stereocenters. The lowest BCUT2D eigenvalue weighted by molar-refractivity contribution is -0.384. The van der Waals surface area contributed by atoms with Crippen molar-refractivity contribution in [1.82, 2.24) is 0 Å². The molecule has 0 aromatic heterocycles. The van der Waals surface area contributed by atoms with Crippen LogP contribution in [0, 0.1) is 10.1 Å². The molecule has 3 rings (SSSR count). The zero-order valence-corrected chi connectivity index (χ0v) is 15.8. The van der Waals surface area contributed by atoms with Crippen LogP contribution in [0.15, 0.2) is 84.0 Å². The Kier molecular flexibility index (Phi) is 6.46. The van der Waals surface area contributed by atoms with E-state index in [4.69, 9.17) is 0 Å². The summed E-state index contributed by atoms with van der Waals surface area (Å²) in [6.45, 7) is 0. The molecule has 3 aromatic rings. The summed E-state index contributed by atoms with van der Waals surface area (Å²) < 4.78 is 38.7. The fraction of sp³-hybridized carbons (Fsp3) is 0.136. The Labute approximate surface area is 171 Å². The van der Waals surface area contributed by atoms with Crippen LogP contribution < -0.4 is 5.43 Å². The van der Waals surface area contributed by atoms with Crippen molar-refractivity contribution in [3.8, 4) is 0 Å². The number of alkyl halides is 3. The number of rotatable bonds is 7. The fourth-order valence-electron chi connectivity index (χ4n) is 2.90. The standard InChI is InChI=1S/C22H18F3N3O2/c23-22(24,25)18-11-12-20(21(15-18)28(29)30)27-26-19(13-16-7-3-1-4-8-16)14-17-9-5-2-6-10-17/h1-12,15,27H,13-14H2. The molecule has 1 N–H and O–H groups in total. The molecule has 5 nitrogen and oxygen atoms in total. The molecule has 8 heteroatoms. The lowest BCUT2D eigenvalue weighted by Crippen LogP contribution is -2.11. The molecule has 0 bridgehead atoms. The Morgan fingerprint density at radius 1 is 0.900 bits per heavy atom. The summed E-state index contributed by atoms with van der Waals surface area (Å²) in [7, 11) is 0. The highest BCUT2D eigenvalue weighted by molar-refractivity contribution is 5.89. The molecule has 0 aliphatic carbocycles. The van der Waals surface area contributed by atoms with E-state index in [2.05, 4.69) is 10.5 Å². The average Bonchev–Trinajstić information content (AvgIpc) is 2.72. The first kappa shape index (κ1) is 21.0. The molecule has 0 radical (unpaired) electrons. The Bertz CT molecular complexity index is 993. The number of nitro groups is 1. The minimum atomic E-state index is -4.67. The lowest BCUT2D eigenvalue weighted by Gasteiger charge is -2.11. The summed E-state index contributed by atoms with van der Waals surface area (Å²) in [6.07, 6.45) is -3.70. The van der Waals surface area contributed by atoms with Crippen molar-refractivity contribution in [3.05, 3.63) is 106 Å². The monoisotopic (exact) mass is 413 g/mol. The maximum Gasteiger partial charge on any atom is 0.416 e. The molecule has 0 saturated heterocycles. The van der Waals surface area contributed by atoms with Gasteiger partial charge in [-0.15, -0.1) is 0 Å². The first-order valence-corrected chi connectivity index (χ1v) is 9.08. The van der Waals surface area contributed by atoms with Gasteiger partial charge in [-0.3, -0.25) is 15.5 Å². The van der Waals surface area contributed by atoms with Gasteiger partial charge in [-0.05, 0) is 23.3 Å². The highest BCUT2D eigenvalue weighted by Crippen LogP contribution is 2.35. The fourth-order valence-corrected chi connectivity index (χ4v) is 2.90. The summed E-state index contributed by atoms with van der Waals surface area (Å²) in [6, 6.07) is 21.4. The number of nitrogens with zero attached hydrogens (tertiary/aromatic N) is 2. The van der Waals surface area contributed by atoms with Crippen LogP contribution in [0.1, 0.15) is 16.7 Å². The minimum absolute atomic E-state index is 0.105. The summed E-state index contributed by atoms with van der Waals surface area (Å²) in [5.74, 6) is 0. The molecule has 30 heavy (non-hydrogen) atoms. The Morgan fingerprint density at radius 3 is 1.90 bits per heavy atom. The maximum atomic E-state index is 12.9. The summed E-state index contributed by atoms with van der Waals surface area (Å²) in [5, 5.41) is 15.6. The van der Waals surface area contributed by atoms with Crippen LogP contribution >= 0.6 is 0 Å². The predicted octanol–water partition coefficient (Wildman–Crippen LogP) is 5.87. The van der Waals surface area contributed by atoms with E-state index in [1.54, 1.807) is 0 Å². The van der Waals surface area contributed by atoms with Crippen molar-refractivity contribution in [1.29, 1.82) is 0 Å². The van der Waals surface area contributed by atoms with Gasteiger partial charge in [0.25, 0.3) is 5.69 Å². The van der Waals surface area contributed by atoms with Crippen molar-refractivity contribution in [3.63, 3.8) is 0 Å². The highest BCUT2D eigenvalue weighted by Gasteiger charge is 2.33. The number of nitro benzene ring substituents is 1. The van der Waals surface area contributed by atoms with Crippen LogP contribution in [-0.2, 0) is 19.0 Å². The molecule has 0 atom stereocenters. The second-order valence-corrected chi connectivity index (χ2v) is 6.60. The molecule has 0 heterocycles. The quantitative estimate of drug-likeness (QED) is 0.299. The Hall–Kier alpha value is -3.68. The van der Waals surface area contributed by atoms with Gasteiger partial charge >= 0.3 is 6.18 Å². The van der Waals surface area contributed by atoms with Crippen molar-refractivity contribution < 1.29 is 18.1 Å². The molecule has 0 saturated carbocycles. The van der Waals surface area contributed by atoms with E-state index in [0.29, 0.717) is 24.6 Å². The summed E-state index contributed by atoms with van der Waals surface area (Å²) >= 11 is 0. The first-order chi connectivity index (χ1) is 14.3. The van der Waals surface area contributed by atoms with Crippen LogP contribution in [0.25, 0.3) is 0 Å². The number of hydrogen-bond acceptors (Lipinski definition) is 4. The van der Waals surface area contributed by atoms with Crippen LogP contribution in [0.2, 0.25) is 0 Å². The number of nitrogens with one attached hydrogen (secondary N) is 1. The zero-order valence-electron chi connectivity index (χ0n) is 15.8. The van der Waals surface area contributed by atoms with E-state index >= 15 is 0 Å². The van der Waals surface area contributed by atoms with E-state index in [0.717, 1.165) is 23.3 Å². The molecule has 0 aliphatic heterocycles. The molecule has 0 aliphatic rings. The molecule has 0 amide bonds. The van der Waals surface area contributed by atoms with E-state index in [1.807, 2.05) is 60.7 Å². The van der Waals surface area contributed by atoms with Gasteiger partial charge in [0.05, 0.1) is 10.5 Å². The average molecular weight is 413 g/mol. The Morgan fingerprint density at radius 2 is 1.43 bits per heavy atom. The van der Waals surface area contributed by atoms with Gasteiger partial charge < -0.3 is 0 Å². The normalized spacial score (nSPS) is 11.0. The zero-order chi connectivity index (χ0) is 21.6. The van der Waals surface area contributed by atoms with E-state index in [1.165, 1.54) is 0 Å². The van der Waals surface area contributed by atoms with Gasteiger partial charge in [-0.1, -0.05) is 60.7 Å². The minimum Gasteiger partial charge on any atom is -0.272 e. The molecular formula is C22H18F3N3O2. The van der Waals surface area contributed by atoms with Crippen molar-refractivity contribution >= 4 is 17.1 Å². The lowest BCUT2D eigenvalue weighted by atomic mass is 10.0. The third-order valence-corrected chi connectivity index (χ3v) is 4.36. The van der Waals surface area contributed by atoms with Crippen LogP contribution in [-0.4, -0.2) is 10.6 Å². The molecule has 0 spiro atoms. The van der Waals surface area contributed by atoms with E-state index < -0.39 is 22.4 Å². The number of anilines is 1. The van der Waals surface area contributed by atoms with Crippen molar-refractivity contribution in [2.45, 2.75) is 19.0 Å². The van der Waals surface area contributed by atoms with Crippen LogP contribution in [0.5, 0.6) is 0 Å². The SMILES string of the molecule is O=[N+]([O-])c1cc(C(F)(F)F)ccc1NN=C(Cc1ccccc1)Cc1ccccc1. The Balaban J connectivity index is 1.90. The number of benzene rings is 3. The van der Waals surface area contributed by atoms with Crippen LogP contribution in [0.3, 0.4) is 0 Å².